The number of amides is 6. The maximum atomic E-state index is 14.7. The van der Waals surface area contributed by atoms with E-state index in [1.165, 1.54) is 21.3 Å². The van der Waals surface area contributed by atoms with Crippen molar-refractivity contribution in [2.45, 2.75) is 247 Å². The molecule has 2 fully saturated rings. The smallest absolute Gasteiger partial charge is 0.307 e. The Kier molecular flexibility index (Phi) is 46.7. The third kappa shape index (κ3) is 29.7. The summed E-state index contributed by atoms with van der Waals surface area (Å²) in [6.07, 6.45) is 1.62. The highest BCUT2D eigenvalue weighted by Gasteiger charge is 2.48. The third-order valence-electron chi connectivity index (χ3n) is 25.9. The second-order valence-corrected chi connectivity index (χ2v) is 35.5. The van der Waals surface area contributed by atoms with Crippen molar-refractivity contribution < 1.29 is 96.4 Å². The number of hydrazine groups is 1. The Bertz CT molecular complexity index is 3840. The molecular formula is C94H150N10O20. The van der Waals surface area contributed by atoms with Crippen LogP contribution in [0.4, 0.5) is 0 Å². The number of carboxylic acid groups (broad SMARTS) is 2. The van der Waals surface area contributed by atoms with E-state index in [1.54, 1.807) is 86.0 Å². The van der Waals surface area contributed by atoms with E-state index in [1.807, 2.05) is 161 Å². The van der Waals surface area contributed by atoms with E-state index < -0.39 is 114 Å². The number of ketones is 4. The molecule has 0 bridgehead atoms. The van der Waals surface area contributed by atoms with Gasteiger partial charge < -0.3 is 53.6 Å². The Labute approximate surface area is 737 Å². The SMILES string of the molecule is CC[C@H](C)[C@@H]([C@@H](CC(=O)N1CCC[C@H]1[C@H](OC)[C@@H](C)C(=O)C[C@@H](Cc1ccccc1)C(=O)O)OC)N(C)C(=O)[C@@H](CC(=O)[C@H](C(C)C)N(C)CCON)C(C)C.CC[C@H](C)[C@@H]([C@@H](CC(=O)N1CCC[C@H]1[C@H](OC)[C@@H](C)C(=O)C[C@@H](Cc1ccccc1)C(=O)O)OC)N(C)C(=O)[C@@H](CC(=O)[C@H](C(C)C)N(C)CCON1C(=O)c2ccccc2C1=O)C(C)C.NN. The van der Waals surface area contributed by atoms with E-state index in [0.29, 0.717) is 45.3 Å². The minimum absolute atomic E-state index is 0.00522. The molecule has 18 atom stereocenters. The van der Waals surface area contributed by atoms with Gasteiger partial charge in [-0.05, 0) is 111 Å². The lowest BCUT2D eigenvalue weighted by Gasteiger charge is -2.41. The first-order chi connectivity index (χ1) is 58.7. The van der Waals surface area contributed by atoms with Gasteiger partial charge in [-0.25, -0.2) is 5.90 Å². The maximum Gasteiger partial charge on any atom is 0.307 e. The van der Waals surface area contributed by atoms with Gasteiger partial charge in [0.1, 0.15) is 11.6 Å². The molecule has 30 nitrogen and oxygen atoms in total. The van der Waals surface area contributed by atoms with Crippen molar-refractivity contribution >= 4 is 70.5 Å². The van der Waals surface area contributed by atoms with Gasteiger partial charge in [0.05, 0.1) is 110 Å². The fourth-order valence-electron chi connectivity index (χ4n) is 18.5. The molecule has 3 aliphatic rings. The summed E-state index contributed by atoms with van der Waals surface area (Å²) in [5.41, 5.74) is 2.23. The van der Waals surface area contributed by atoms with Gasteiger partial charge in [-0.1, -0.05) is 183 Å². The van der Waals surface area contributed by atoms with Gasteiger partial charge in [-0.15, -0.1) is 5.06 Å². The summed E-state index contributed by atoms with van der Waals surface area (Å²) < 4.78 is 24.0. The van der Waals surface area contributed by atoms with Gasteiger partial charge in [0, 0.05) is 118 Å². The molecule has 30 heteroatoms. The lowest BCUT2D eigenvalue weighted by Crippen LogP contribution is -2.54. The standard InChI is InChI=1S/C51H74N4O11.C43H72N4O9.H4N2/c1-12-33(6)46(43(64-10)30-44(58)54-24-18-23-40(54)47(65-11)34(7)41(56)28-36(51(62)63)27-35-19-14-13-15-20-35)53(9)48(59)39(31(2)3)29-42(57)45(32(4)5)52(8)25-26-66-55-49(60)37-21-16-17-22-38(37)50(55)61;1-12-29(6)40(46(9)42(51)33(27(2)3)25-36(49)39(28(4)5)45(8)21-22-56-44)37(54-10)26-38(50)47-20-16-19-34(47)41(55-11)30(7)35(48)24-32(43(52)53)23-31-17-14-13-15-18-31;1-2/h13-17,19-22,31-34,36,39-40,43,45-47H,12,18,23-30H2,1-11H3,(H,62,63);13-15,17-18,27-30,32-34,37,39-41H,12,16,19-26,44H2,1-11H3,(H,52,53);1-2H2/t33-,34-,36+,39-,40-,43+,45-,46-,47+;29-,30-,32+,33-,34-,37+,39-,40-,41+;/m00./s1. The monoisotopic (exact) mass is 1740 g/mol. The number of carbonyl (C=O) groups is 12. The Morgan fingerprint density at radius 1 is 0.460 bits per heavy atom. The molecule has 124 heavy (non-hydrogen) atoms. The fraction of sp³-hybridized carbons (Fsp3) is 0.681. The number of likely N-dealkylation sites (N-methyl/N-ethyl adjacent to an activating group) is 4. The average molecular weight is 1740 g/mol. The van der Waals surface area contributed by atoms with E-state index in [-0.39, 0.29) is 171 Å². The van der Waals surface area contributed by atoms with Crippen molar-refractivity contribution in [1.82, 2.24) is 34.5 Å². The molecule has 0 unspecified atom stereocenters. The van der Waals surface area contributed by atoms with E-state index >= 15 is 0 Å². The number of nitrogens with two attached hydrogens (primary N) is 3. The predicted molar refractivity (Wildman–Crippen MR) is 474 cm³/mol. The number of likely N-dealkylation sites (tertiary alicyclic amines) is 2. The van der Waals surface area contributed by atoms with Crippen LogP contribution in [0.25, 0.3) is 0 Å². The van der Waals surface area contributed by atoms with Crippen LogP contribution < -0.4 is 17.6 Å². The molecule has 0 saturated carbocycles. The Morgan fingerprint density at radius 3 is 1.10 bits per heavy atom. The second kappa shape index (κ2) is 53.5. The molecule has 2 saturated heterocycles. The molecule has 0 aliphatic carbocycles. The van der Waals surface area contributed by atoms with Gasteiger partial charge in [0.15, 0.2) is 11.6 Å². The van der Waals surface area contributed by atoms with E-state index in [4.69, 9.17) is 34.5 Å². The number of imide groups is 1. The lowest BCUT2D eigenvalue weighted by atomic mass is 9.83. The molecule has 8 N–H and O–H groups in total. The Hall–Kier alpha value is -8.14. The first kappa shape index (κ1) is 108. The molecular weight excluding hydrogens is 1590 g/mol. The van der Waals surface area contributed by atoms with Crippen molar-refractivity contribution in [2.24, 2.45) is 88.6 Å². The number of rotatable bonds is 53. The average Bonchev–Trinajstić information content (AvgIpc) is 1.64. The number of aliphatic carboxylic acids is 2. The molecule has 0 radical (unpaired) electrons. The van der Waals surface area contributed by atoms with E-state index in [9.17, 15) is 67.7 Å². The van der Waals surface area contributed by atoms with Crippen LogP contribution in [0.2, 0.25) is 0 Å². The number of carboxylic acids is 2. The van der Waals surface area contributed by atoms with Crippen LogP contribution >= 0.6 is 0 Å². The first-order valence-corrected chi connectivity index (χ1v) is 44.3. The molecule has 696 valence electrons. The van der Waals surface area contributed by atoms with E-state index in [2.05, 4.69) is 11.7 Å². The molecule has 3 aliphatic heterocycles. The Morgan fingerprint density at radius 2 is 0.798 bits per heavy atom. The van der Waals surface area contributed by atoms with Gasteiger partial charge in [0.25, 0.3) is 11.8 Å². The second-order valence-electron chi connectivity index (χ2n) is 35.5. The summed E-state index contributed by atoms with van der Waals surface area (Å²) in [6, 6.07) is 22.2. The van der Waals surface area contributed by atoms with Crippen LogP contribution in [0.3, 0.4) is 0 Å². The molecule has 0 aromatic heterocycles. The highest BCUT2D eigenvalue weighted by Crippen LogP contribution is 2.36. The van der Waals surface area contributed by atoms with Gasteiger partial charge in [-0.3, -0.25) is 83.9 Å². The van der Waals surface area contributed by atoms with E-state index in [0.717, 1.165) is 29.0 Å². The van der Waals surface area contributed by atoms with Crippen LogP contribution in [-0.4, -0.2) is 272 Å². The molecule has 3 aromatic rings. The molecule has 3 aromatic carbocycles. The van der Waals surface area contributed by atoms with Crippen LogP contribution in [0.5, 0.6) is 0 Å². The van der Waals surface area contributed by atoms with Gasteiger partial charge in [0.2, 0.25) is 23.6 Å². The van der Waals surface area contributed by atoms with Gasteiger partial charge >= 0.3 is 11.9 Å². The number of carbonyl (C=O) groups excluding carboxylic acids is 10. The van der Waals surface area contributed by atoms with Gasteiger partial charge in [-0.2, -0.15) is 0 Å². The first-order valence-electron chi connectivity index (χ1n) is 44.3. The largest absolute Gasteiger partial charge is 0.481 e. The summed E-state index contributed by atoms with van der Waals surface area (Å²) in [5.74, 6) is 3.82. The molecule has 6 rings (SSSR count). The number of fused-ring (bicyclic) bond motifs is 1. The van der Waals surface area contributed by atoms with Crippen molar-refractivity contribution in [3.05, 3.63) is 107 Å². The van der Waals surface area contributed by atoms with Crippen molar-refractivity contribution in [1.29, 1.82) is 0 Å². The maximum absolute atomic E-state index is 14.7. The fourth-order valence-corrected chi connectivity index (χ4v) is 18.5. The molecule has 6 amide bonds. The van der Waals surface area contributed by atoms with Crippen molar-refractivity contribution in [3.63, 3.8) is 0 Å². The summed E-state index contributed by atoms with van der Waals surface area (Å²) in [4.78, 5) is 184. The minimum Gasteiger partial charge on any atom is -0.481 e. The Balaban J connectivity index is 0.000000517. The predicted octanol–water partition coefficient (Wildman–Crippen LogP) is 9.93. The summed E-state index contributed by atoms with van der Waals surface area (Å²) in [6.45, 7) is 29.1. The number of benzene rings is 3. The lowest BCUT2D eigenvalue weighted by molar-refractivity contribution is -0.149. The highest BCUT2D eigenvalue weighted by molar-refractivity contribution is 6.20. The third-order valence-corrected chi connectivity index (χ3v) is 25.9. The number of hydroxylamine groups is 2. The van der Waals surface area contributed by atoms with Crippen LogP contribution in [0.1, 0.15) is 206 Å². The van der Waals surface area contributed by atoms with Crippen molar-refractivity contribution in [2.75, 3.05) is 96.0 Å². The topological polar surface area (TPSA) is 401 Å². The number of nitrogens with zero attached hydrogens (tertiary/aromatic N) is 7. The zero-order chi connectivity index (χ0) is 93.3. The zero-order valence-electron chi connectivity index (χ0n) is 78.0. The quantitative estimate of drug-likeness (QED) is 0.0199. The highest BCUT2D eigenvalue weighted by atomic mass is 16.7. The zero-order valence-corrected chi connectivity index (χ0v) is 78.0. The summed E-state index contributed by atoms with van der Waals surface area (Å²) in [7, 11) is 13.2. The van der Waals surface area contributed by atoms with Crippen LogP contribution in [-0.2, 0) is 89.4 Å². The number of Topliss-reactive ketones (excluding diaryl/α,β-unsaturated/α-hetero) is 4. The summed E-state index contributed by atoms with van der Waals surface area (Å²) in [5, 5.41) is 20.7. The van der Waals surface area contributed by atoms with Crippen LogP contribution in [0.15, 0.2) is 84.9 Å². The minimum atomic E-state index is -1.04. The number of hydrogen-bond acceptors (Lipinski definition) is 23. The van der Waals surface area contributed by atoms with Crippen molar-refractivity contribution in [3.8, 4) is 0 Å². The molecule has 0 spiro atoms. The van der Waals surface area contributed by atoms with Crippen LogP contribution in [0, 0.1) is 71.0 Å². The molecule has 3 heterocycles. The number of hydrogen-bond donors (Lipinski definition) is 5. The normalized spacial score (nSPS) is 18.6. The summed E-state index contributed by atoms with van der Waals surface area (Å²) >= 11 is 0. The number of ether oxygens (including phenoxy) is 4. The number of methoxy groups -OCH3 is 4.